The van der Waals surface area contributed by atoms with Crippen molar-refractivity contribution in [3.63, 3.8) is 0 Å². The summed E-state index contributed by atoms with van der Waals surface area (Å²) < 4.78 is 60.4. The molecule has 2 saturated carbocycles. The zero-order chi connectivity index (χ0) is 28.5. The van der Waals surface area contributed by atoms with E-state index in [0.29, 0.717) is 11.1 Å². The zero-order valence-corrected chi connectivity index (χ0v) is 23.3. The van der Waals surface area contributed by atoms with Crippen LogP contribution < -0.4 is 19.7 Å². The maximum Gasteiger partial charge on any atom is 0.260 e. The van der Waals surface area contributed by atoms with E-state index >= 15 is 0 Å². The molecule has 2 heterocycles. The Bertz CT molecular complexity index is 1350. The Labute approximate surface area is 232 Å². The summed E-state index contributed by atoms with van der Waals surface area (Å²) >= 11 is 0. The average Bonchev–Trinajstić information content (AvgIpc) is 3.64. The number of alkyl halides is 2. The Kier molecular flexibility index (Phi) is 7.88. The number of halogens is 2. The molecule has 2 aromatic rings. The molecule has 3 fully saturated rings. The molecule has 40 heavy (non-hydrogen) atoms. The summed E-state index contributed by atoms with van der Waals surface area (Å²) in [6, 6.07) is 6.01. The van der Waals surface area contributed by atoms with Gasteiger partial charge in [-0.05, 0) is 63.0 Å². The fraction of sp³-hybridized carbons (Fsp3) is 0.593. The highest BCUT2D eigenvalue weighted by Crippen LogP contribution is 2.56. The van der Waals surface area contributed by atoms with Crippen LogP contribution in [0.1, 0.15) is 67.4 Å². The van der Waals surface area contributed by atoms with E-state index in [1.807, 2.05) is 0 Å². The normalized spacial score (nSPS) is 20.2. The molecular weight excluding hydrogens is 544 g/mol. The van der Waals surface area contributed by atoms with E-state index in [2.05, 4.69) is 20.0 Å². The number of nitrogens with one attached hydrogen (secondary N) is 2. The van der Waals surface area contributed by atoms with Crippen molar-refractivity contribution in [3.8, 4) is 5.75 Å². The molecule has 3 aliphatic rings. The minimum atomic E-state index is -3.78. The van der Waals surface area contributed by atoms with E-state index < -0.39 is 34.2 Å². The summed E-state index contributed by atoms with van der Waals surface area (Å²) in [5.74, 6) is -2.94. The van der Waals surface area contributed by atoms with Crippen LogP contribution in [0.5, 0.6) is 5.75 Å². The number of rotatable bonds is 9. The van der Waals surface area contributed by atoms with Crippen LogP contribution in [0.15, 0.2) is 24.3 Å². The second kappa shape index (κ2) is 11.1. The molecule has 218 valence electrons. The van der Waals surface area contributed by atoms with Gasteiger partial charge in [-0.2, -0.15) is 4.98 Å². The molecule has 10 nitrogen and oxygen atoms in total. The number of carbonyl (C=O) groups is 1. The molecule has 1 amide bonds. The monoisotopic (exact) mass is 579 g/mol. The lowest BCUT2D eigenvalue weighted by molar-refractivity contribution is -0.0222. The van der Waals surface area contributed by atoms with Crippen molar-refractivity contribution in [2.75, 3.05) is 40.4 Å². The average molecular weight is 580 g/mol. The van der Waals surface area contributed by atoms with Crippen molar-refractivity contribution in [3.05, 3.63) is 35.5 Å². The smallest absolute Gasteiger partial charge is 0.260 e. The maximum absolute atomic E-state index is 13.6. The SMILES string of the molecule is Cc1cc(NC(=O)c2ccc(NS(=O)(=O)CCO)cc2OC2CCC3(CC2)CC3)nc(N2CCC(F)(F)CC2)n1. The first-order valence-electron chi connectivity index (χ1n) is 13.7. The van der Waals surface area contributed by atoms with Crippen LogP contribution >= 0.6 is 0 Å². The van der Waals surface area contributed by atoms with Gasteiger partial charge in [0.05, 0.1) is 29.7 Å². The van der Waals surface area contributed by atoms with Gasteiger partial charge < -0.3 is 20.1 Å². The Morgan fingerprint density at radius 1 is 1.10 bits per heavy atom. The molecule has 1 spiro atoms. The molecule has 2 aliphatic carbocycles. The molecule has 1 aromatic heterocycles. The zero-order valence-electron chi connectivity index (χ0n) is 22.5. The van der Waals surface area contributed by atoms with E-state index in [0.717, 1.165) is 25.7 Å². The predicted octanol–water partition coefficient (Wildman–Crippen LogP) is 4.11. The Morgan fingerprint density at radius 2 is 1.80 bits per heavy atom. The Hall–Kier alpha value is -3.06. The number of anilines is 3. The molecular formula is C27H35F2N5O5S. The van der Waals surface area contributed by atoms with Crippen LogP contribution in [0.2, 0.25) is 0 Å². The summed E-state index contributed by atoms with van der Waals surface area (Å²) in [5, 5.41) is 11.8. The molecule has 13 heteroatoms. The minimum absolute atomic E-state index is 0.104. The number of hydrogen-bond donors (Lipinski definition) is 3. The largest absolute Gasteiger partial charge is 0.490 e. The minimum Gasteiger partial charge on any atom is -0.490 e. The standard InChI is InChI=1S/C27H35F2N5O5S/c1-18-16-23(32-25(30-18)34-12-10-27(28,29)11-13-34)31-24(36)21-3-2-19(33-40(37,38)15-14-35)17-22(21)39-20-4-6-26(7-5-20)8-9-26/h2-3,16-17,20,33,35H,4-15H2,1H3,(H,30,31,32,36). The molecule has 0 atom stereocenters. The number of nitrogens with zero attached hydrogens (tertiary/aromatic N) is 3. The van der Waals surface area contributed by atoms with Crippen LogP contribution in [-0.4, -0.2) is 66.9 Å². The lowest BCUT2D eigenvalue weighted by Gasteiger charge is -2.32. The number of aryl methyl sites for hydroxylation is 1. The van der Waals surface area contributed by atoms with Crippen LogP contribution in [0.25, 0.3) is 0 Å². The molecule has 1 saturated heterocycles. The molecule has 0 radical (unpaired) electrons. The van der Waals surface area contributed by atoms with E-state index in [4.69, 9.17) is 9.84 Å². The second-order valence-corrected chi connectivity index (χ2v) is 13.0. The molecule has 3 N–H and O–H groups in total. The highest BCUT2D eigenvalue weighted by Gasteiger charge is 2.45. The highest BCUT2D eigenvalue weighted by molar-refractivity contribution is 7.92. The fourth-order valence-corrected chi connectivity index (χ4v) is 6.20. The van der Waals surface area contributed by atoms with Crippen LogP contribution in [0.3, 0.4) is 0 Å². The number of aromatic nitrogens is 2. The first-order valence-corrected chi connectivity index (χ1v) is 15.3. The number of piperidine rings is 1. The number of hydrogen-bond acceptors (Lipinski definition) is 8. The molecule has 0 unspecified atom stereocenters. The van der Waals surface area contributed by atoms with Gasteiger partial charge in [0.15, 0.2) is 0 Å². The Balaban J connectivity index is 1.36. The van der Waals surface area contributed by atoms with Crippen molar-refractivity contribution in [1.82, 2.24) is 9.97 Å². The first kappa shape index (κ1) is 28.5. The second-order valence-electron chi connectivity index (χ2n) is 11.2. The lowest BCUT2D eigenvalue weighted by Crippen LogP contribution is -2.40. The fourth-order valence-electron chi connectivity index (χ4n) is 5.38. The molecule has 1 aliphatic heterocycles. The van der Waals surface area contributed by atoms with Crippen molar-refractivity contribution < 1.29 is 31.8 Å². The number of aliphatic hydroxyl groups excluding tert-OH is 1. The van der Waals surface area contributed by atoms with E-state index in [9.17, 15) is 22.0 Å². The summed E-state index contributed by atoms with van der Waals surface area (Å²) in [6.45, 7) is 1.43. The number of carbonyl (C=O) groups excluding carboxylic acids is 1. The first-order chi connectivity index (χ1) is 18.9. The van der Waals surface area contributed by atoms with Gasteiger partial charge in [0.1, 0.15) is 11.6 Å². The van der Waals surface area contributed by atoms with Gasteiger partial charge in [-0.1, -0.05) is 0 Å². The summed E-state index contributed by atoms with van der Waals surface area (Å²) in [6.07, 6.45) is 5.64. The lowest BCUT2D eigenvalue weighted by atomic mass is 9.85. The van der Waals surface area contributed by atoms with Crippen molar-refractivity contribution in [2.45, 2.75) is 70.3 Å². The van der Waals surface area contributed by atoms with E-state index in [-0.39, 0.29) is 60.8 Å². The number of sulfonamides is 1. The molecule has 5 rings (SSSR count). The number of ether oxygens (including phenoxy) is 1. The van der Waals surface area contributed by atoms with Crippen molar-refractivity contribution in [1.29, 1.82) is 0 Å². The number of aliphatic hydroxyl groups is 1. The van der Waals surface area contributed by atoms with Crippen molar-refractivity contribution in [2.24, 2.45) is 5.41 Å². The van der Waals surface area contributed by atoms with Crippen molar-refractivity contribution >= 4 is 33.4 Å². The van der Waals surface area contributed by atoms with Crippen LogP contribution in [0.4, 0.5) is 26.2 Å². The van der Waals surface area contributed by atoms with Crippen LogP contribution in [-0.2, 0) is 10.0 Å². The van der Waals surface area contributed by atoms with Gasteiger partial charge in [0, 0.05) is 43.8 Å². The molecule has 0 bridgehead atoms. The Morgan fingerprint density at radius 3 is 2.45 bits per heavy atom. The summed E-state index contributed by atoms with van der Waals surface area (Å²) in [7, 11) is -3.78. The van der Waals surface area contributed by atoms with Gasteiger partial charge in [-0.15, -0.1) is 0 Å². The van der Waals surface area contributed by atoms with E-state index in [1.54, 1.807) is 17.9 Å². The third kappa shape index (κ3) is 6.98. The summed E-state index contributed by atoms with van der Waals surface area (Å²) in [4.78, 5) is 23.9. The number of benzene rings is 1. The number of amides is 1. The maximum atomic E-state index is 13.6. The van der Waals surface area contributed by atoms with Gasteiger partial charge in [-0.3, -0.25) is 9.52 Å². The van der Waals surface area contributed by atoms with Gasteiger partial charge >= 0.3 is 0 Å². The third-order valence-corrected chi connectivity index (χ3v) is 9.23. The van der Waals surface area contributed by atoms with Gasteiger partial charge in [0.2, 0.25) is 16.0 Å². The topological polar surface area (TPSA) is 134 Å². The van der Waals surface area contributed by atoms with Gasteiger partial charge in [-0.25, -0.2) is 22.2 Å². The summed E-state index contributed by atoms with van der Waals surface area (Å²) in [5.41, 5.74) is 1.44. The van der Waals surface area contributed by atoms with E-state index in [1.165, 1.54) is 31.0 Å². The third-order valence-electron chi connectivity index (χ3n) is 7.97. The van der Waals surface area contributed by atoms with Gasteiger partial charge in [0.25, 0.3) is 11.8 Å². The highest BCUT2D eigenvalue weighted by atomic mass is 32.2. The van der Waals surface area contributed by atoms with Crippen LogP contribution in [0, 0.1) is 12.3 Å². The quantitative estimate of drug-likeness (QED) is 0.404. The molecule has 1 aromatic carbocycles. The predicted molar refractivity (Wildman–Crippen MR) is 147 cm³/mol.